The fourth-order valence-electron chi connectivity index (χ4n) is 3.05. The minimum absolute atomic E-state index is 0.269. The molecule has 0 bridgehead atoms. The van der Waals surface area contributed by atoms with Gasteiger partial charge in [0.05, 0.1) is 25.5 Å². The zero-order valence-corrected chi connectivity index (χ0v) is 16.5. The molecule has 7 heteroatoms. The molecule has 2 heterocycles. The average molecular weight is 393 g/mol. The molecular weight excluding hydrogens is 374 g/mol. The Hall–Kier alpha value is -3.32. The Morgan fingerprint density at radius 3 is 2.71 bits per heavy atom. The van der Waals surface area contributed by atoms with Gasteiger partial charge in [-0.3, -0.25) is 9.20 Å². The second-order valence-corrected chi connectivity index (χ2v) is 7.07. The molecule has 0 saturated heterocycles. The number of aryl methyl sites for hydroxylation is 1. The Balaban J connectivity index is 1.62. The van der Waals surface area contributed by atoms with Crippen molar-refractivity contribution in [1.82, 2.24) is 9.38 Å². The van der Waals surface area contributed by atoms with Crippen LogP contribution < -0.4 is 14.8 Å². The van der Waals surface area contributed by atoms with Gasteiger partial charge in [0.25, 0.3) is 5.91 Å². The summed E-state index contributed by atoms with van der Waals surface area (Å²) in [6.45, 7) is 2.05. The number of amides is 1. The Bertz CT molecular complexity index is 1160. The number of aromatic nitrogens is 2. The third-order valence-electron chi connectivity index (χ3n) is 4.45. The molecule has 142 valence electrons. The van der Waals surface area contributed by atoms with Gasteiger partial charge in [0.2, 0.25) is 0 Å². The van der Waals surface area contributed by atoms with Gasteiger partial charge in [0, 0.05) is 28.5 Å². The summed E-state index contributed by atoms with van der Waals surface area (Å²) in [7, 11) is 3.06. The van der Waals surface area contributed by atoms with E-state index in [0.29, 0.717) is 22.7 Å². The lowest BCUT2D eigenvalue weighted by atomic mass is 10.1. The maximum atomic E-state index is 12.8. The molecule has 0 saturated carbocycles. The van der Waals surface area contributed by atoms with E-state index in [0.717, 1.165) is 21.9 Å². The van der Waals surface area contributed by atoms with Crippen molar-refractivity contribution in [2.75, 3.05) is 19.5 Å². The number of benzene rings is 2. The predicted molar refractivity (Wildman–Crippen MR) is 111 cm³/mol. The van der Waals surface area contributed by atoms with Gasteiger partial charge in [-0.05, 0) is 31.2 Å². The number of nitrogens with one attached hydrogen (secondary N) is 1. The van der Waals surface area contributed by atoms with Crippen LogP contribution in [0.2, 0.25) is 0 Å². The van der Waals surface area contributed by atoms with E-state index >= 15 is 0 Å². The number of hydrogen-bond acceptors (Lipinski definition) is 5. The second kappa shape index (κ2) is 7.36. The smallest absolute Gasteiger partial charge is 0.259 e. The molecule has 0 fully saturated rings. The van der Waals surface area contributed by atoms with Crippen LogP contribution in [0.15, 0.2) is 54.0 Å². The summed E-state index contributed by atoms with van der Waals surface area (Å²) < 4.78 is 12.7. The van der Waals surface area contributed by atoms with Gasteiger partial charge in [0.1, 0.15) is 0 Å². The van der Waals surface area contributed by atoms with E-state index in [1.54, 1.807) is 36.6 Å². The van der Waals surface area contributed by atoms with Crippen molar-refractivity contribution >= 4 is 27.9 Å². The fraction of sp³-hybridized carbons (Fsp3) is 0.143. The summed E-state index contributed by atoms with van der Waals surface area (Å²) in [6.07, 6.45) is 2.01. The lowest BCUT2D eigenvalue weighted by Crippen LogP contribution is -2.13. The number of fused-ring (bicyclic) bond motifs is 1. The van der Waals surface area contributed by atoms with Crippen LogP contribution in [0.25, 0.3) is 16.2 Å². The van der Waals surface area contributed by atoms with E-state index in [4.69, 9.17) is 9.47 Å². The van der Waals surface area contributed by atoms with Gasteiger partial charge in [0.15, 0.2) is 16.5 Å². The molecule has 0 radical (unpaired) electrons. The maximum absolute atomic E-state index is 12.8. The van der Waals surface area contributed by atoms with Crippen LogP contribution in [-0.2, 0) is 0 Å². The highest BCUT2D eigenvalue weighted by atomic mass is 32.1. The number of methoxy groups -OCH3 is 2. The topological polar surface area (TPSA) is 64.9 Å². The molecular formula is C21H19N3O3S. The number of anilines is 1. The Morgan fingerprint density at radius 1 is 1.14 bits per heavy atom. The van der Waals surface area contributed by atoms with Crippen LogP contribution in [-0.4, -0.2) is 29.5 Å². The van der Waals surface area contributed by atoms with E-state index in [1.165, 1.54) is 7.11 Å². The van der Waals surface area contributed by atoms with Crippen LogP contribution in [0.1, 0.15) is 16.1 Å². The maximum Gasteiger partial charge on any atom is 0.259 e. The number of carbonyl (C=O) groups excluding carboxylic acids is 1. The number of rotatable bonds is 5. The highest BCUT2D eigenvalue weighted by molar-refractivity contribution is 7.15. The van der Waals surface area contributed by atoms with Crippen molar-refractivity contribution in [1.29, 1.82) is 0 Å². The third kappa shape index (κ3) is 3.20. The number of hydrogen-bond donors (Lipinski definition) is 1. The van der Waals surface area contributed by atoms with E-state index in [-0.39, 0.29) is 5.91 Å². The van der Waals surface area contributed by atoms with Crippen LogP contribution in [0.5, 0.6) is 11.5 Å². The van der Waals surface area contributed by atoms with Gasteiger partial charge < -0.3 is 14.8 Å². The van der Waals surface area contributed by atoms with Gasteiger partial charge in [-0.1, -0.05) is 18.2 Å². The molecule has 0 unspecified atom stereocenters. The minimum atomic E-state index is -0.269. The van der Waals surface area contributed by atoms with E-state index in [2.05, 4.69) is 20.1 Å². The zero-order chi connectivity index (χ0) is 19.7. The Morgan fingerprint density at radius 2 is 1.96 bits per heavy atom. The number of thiazole rings is 1. The average Bonchev–Trinajstić information content (AvgIpc) is 3.29. The molecule has 0 aliphatic heterocycles. The lowest BCUT2D eigenvalue weighted by molar-refractivity contribution is 0.102. The van der Waals surface area contributed by atoms with Crippen LogP contribution in [0, 0.1) is 6.92 Å². The molecule has 6 nitrogen and oxygen atoms in total. The van der Waals surface area contributed by atoms with E-state index in [9.17, 15) is 4.79 Å². The quantitative estimate of drug-likeness (QED) is 0.536. The molecule has 4 rings (SSSR count). The number of nitrogens with zero attached hydrogens (tertiary/aromatic N) is 2. The van der Waals surface area contributed by atoms with Crippen LogP contribution in [0.3, 0.4) is 0 Å². The number of para-hydroxylation sites is 1. The molecule has 0 atom stereocenters. The summed E-state index contributed by atoms with van der Waals surface area (Å²) >= 11 is 1.61. The normalized spacial score (nSPS) is 10.8. The van der Waals surface area contributed by atoms with Crippen LogP contribution in [0.4, 0.5) is 5.69 Å². The summed E-state index contributed by atoms with van der Waals surface area (Å²) in [4.78, 5) is 18.4. The molecule has 4 aromatic rings. The molecule has 1 N–H and O–H groups in total. The van der Waals surface area contributed by atoms with Crippen molar-refractivity contribution in [2.45, 2.75) is 6.92 Å². The minimum Gasteiger partial charge on any atom is -0.493 e. The van der Waals surface area contributed by atoms with E-state index < -0.39 is 0 Å². The first-order chi connectivity index (χ1) is 13.6. The highest BCUT2D eigenvalue weighted by Crippen LogP contribution is 2.31. The summed E-state index contributed by atoms with van der Waals surface area (Å²) in [5.41, 5.74) is 4.04. The van der Waals surface area contributed by atoms with Gasteiger partial charge >= 0.3 is 0 Å². The second-order valence-electron chi connectivity index (χ2n) is 6.23. The largest absolute Gasteiger partial charge is 0.493 e. The van der Waals surface area contributed by atoms with E-state index in [1.807, 2.05) is 37.4 Å². The van der Waals surface area contributed by atoms with Crippen molar-refractivity contribution in [3.63, 3.8) is 0 Å². The molecule has 28 heavy (non-hydrogen) atoms. The number of ether oxygens (including phenoxy) is 2. The van der Waals surface area contributed by atoms with Gasteiger partial charge in [-0.25, -0.2) is 4.98 Å². The predicted octanol–water partition coefficient (Wildman–Crippen LogP) is 4.64. The van der Waals surface area contributed by atoms with Crippen LogP contribution >= 0.6 is 11.3 Å². The Labute approximate surface area is 166 Å². The van der Waals surface area contributed by atoms with Crippen molar-refractivity contribution in [3.8, 4) is 22.8 Å². The van der Waals surface area contributed by atoms with Crippen molar-refractivity contribution in [2.24, 2.45) is 0 Å². The molecule has 0 aliphatic rings. The molecule has 2 aromatic carbocycles. The zero-order valence-electron chi connectivity index (χ0n) is 15.7. The molecule has 0 aliphatic carbocycles. The standard InChI is InChI=1S/C21H19N3O3S/c1-13-12-28-21-23-17(11-24(13)21)14-6-4-7-15(10-14)22-20(25)16-8-5-9-18(26-2)19(16)27-3/h4-12H,1-3H3,(H,22,25). The SMILES string of the molecule is COc1cccc(C(=O)Nc2cccc(-c3cn4c(C)csc4n3)c2)c1OC. The summed E-state index contributed by atoms with van der Waals surface area (Å²) in [5, 5.41) is 5.00. The third-order valence-corrected chi connectivity index (χ3v) is 5.41. The van der Waals surface area contributed by atoms with Crippen molar-refractivity contribution in [3.05, 3.63) is 65.3 Å². The molecule has 1 amide bonds. The molecule has 2 aromatic heterocycles. The molecule has 0 spiro atoms. The first-order valence-electron chi connectivity index (χ1n) is 8.66. The Kier molecular flexibility index (Phi) is 4.75. The fourth-order valence-corrected chi connectivity index (χ4v) is 3.90. The highest BCUT2D eigenvalue weighted by Gasteiger charge is 2.17. The summed E-state index contributed by atoms with van der Waals surface area (Å²) in [6, 6.07) is 12.8. The number of imidazole rings is 1. The number of carbonyl (C=O) groups is 1. The first kappa shape index (κ1) is 18.1. The lowest BCUT2D eigenvalue weighted by Gasteiger charge is -2.13. The van der Waals surface area contributed by atoms with Gasteiger partial charge in [-0.2, -0.15) is 0 Å². The monoisotopic (exact) mass is 393 g/mol. The summed E-state index contributed by atoms with van der Waals surface area (Å²) in [5.74, 6) is 0.649. The first-order valence-corrected chi connectivity index (χ1v) is 9.54. The van der Waals surface area contributed by atoms with Gasteiger partial charge in [-0.15, -0.1) is 11.3 Å². The van der Waals surface area contributed by atoms with Crippen molar-refractivity contribution < 1.29 is 14.3 Å².